The number of hydrogen-bond donors (Lipinski definition) is 2. The summed E-state index contributed by atoms with van der Waals surface area (Å²) in [4.78, 5) is 14.6. The zero-order valence-corrected chi connectivity index (χ0v) is 11.2. The highest BCUT2D eigenvalue weighted by Crippen LogP contribution is 2.25. The molecule has 0 fully saturated rings. The molecule has 0 aliphatic rings. The summed E-state index contributed by atoms with van der Waals surface area (Å²) >= 11 is 0. The zero-order valence-electron chi connectivity index (χ0n) is 11.2. The molecule has 0 atom stereocenters. The fraction of sp³-hybridized carbons (Fsp3) is 0.333. The molecule has 2 N–H and O–H groups in total. The maximum Gasteiger partial charge on any atom is 0.278 e. The lowest BCUT2D eigenvalue weighted by atomic mass is 10.3. The van der Waals surface area contributed by atoms with Crippen molar-refractivity contribution in [1.29, 1.82) is 0 Å². The molecule has 2 aromatic heterocycles. The van der Waals surface area contributed by atoms with Crippen LogP contribution in [0.15, 0.2) is 18.2 Å². The normalized spacial score (nSPS) is 10.3. The molecule has 0 saturated carbocycles. The number of nitro groups is 1. The lowest BCUT2D eigenvalue weighted by Crippen LogP contribution is -2.03. The van der Waals surface area contributed by atoms with Gasteiger partial charge in [0.15, 0.2) is 0 Å². The average Bonchev–Trinajstić information content (AvgIpc) is 2.81. The van der Waals surface area contributed by atoms with Crippen molar-refractivity contribution >= 4 is 11.5 Å². The molecule has 0 spiro atoms. The molecule has 0 radical (unpaired) electrons. The van der Waals surface area contributed by atoms with E-state index in [4.69, 9.17) is 4.74 Å². The summed E-state index contributed by atoms with van der Waals surface area (Å²) in [5.41, 5.74) is 0.746. The Morgan fingerprint density at radius 1 is 1.40 bits per heavy atom. The molecule has 0 aromatic carbocycles. The molecule has 8 nitrogen and oxygen atoms in total. The number of aryl methyl sites for hydroxylation is 1. The molecular formula is C12H15N5O3. The molecular weight excluding hydrogens is 262 g/mol. The van der Waals surface area contributed by atoms with Crippen molar-refractivity contribution in [3.63, 3.8) is 0 Å². The van der Waals surface area contributed by atoms with Gasteiger partial charge < -0.3 is 10.1 Å². The Morgan fingerprint density at radius 3 is 2.80 bits per heavy atom. The highest BCUT2D eigenvalue weighted by molar-refractivity contribution is 5.48. The number of hydrogen-bond acceptors (Lipinski definition) is 6. The molecule has 0 amide bonds. The van der Waals surface area contributed by atoms with Crippen LogP contribution in [0.25, 0.3) is 0 Å². The zero-order chi connectivity index (χ0) is 14.5. The minimum Gasteiger partial charge on any atom is -0.419 e. The van der Waals surface area contributed by atoms with Crippen LogP contribution >= 0.6 is 0 Å². The van der Waals surface area contributed by atoms with Gasteiger partial charge in [-0.3, -0.25) is 15.2 Å². The summed E-state index contributed by atoms with van der Waals surface area (Å²) < 4.78 is 5.41. The van der Waals surface area contributed by atoms with E-state index in [2.05, 4.69) is 20.5 Å². The summed E-state index contributed by atoms with van der Waals surface area (Å²) in [6.07, 6.45) is 0.888. The number of aromatic nitrogens is 3. The van der Waals surface area contributed by atoms with E-state index in [-0.39, 0.29) is 11.6 Å². The fourth-order valence-corrected chi connectivity index (χ4v) is 1.55. The number of rotatable bonds is 6. The molecule has 0 aliphatic heterocycles. The van der Waals surface area contributed by atoms with Crippen molar-refractivity contribution in [2.75, 3.05) is 11.9 Å². The Hall–Kier alpha value is -2.64. The minimum atomic E-state index is -0.485. The van der Waals surface area contributed by atoms with E-state index in [0.717, 1.165) is 12.1 Å². The third kappa shape index (κ3) is 3.44. The topological polar surface area (TPSA) is 106 Å². The summed E-state index contributed by atoms with van der Waals surface area (Å²) in [6, 6.07) is 4.32. The van der Waals surface area contributed by atoms with E-state index in [1.165, 1.54) is 12.1 Å². The van der Waals surface area contributed by atoms with Crippen LogP contribution < -0.4 is 10.1 Å². The van der Waals surface area contributed by atoms with E-state index < -0.39 is 4.92 Å². The van der Waals surface area contributed by atoms with Gasteiger partial charge >= 0.3 is 0 Å². The predicted octanol–water partition coefficient (Wildman–Crippen LogP) is 2.64. The first-order chi connectivity index (χ1) is 9.58. The number of ether oxygens (including phenoxy) is 1. The highest BCUT2D eigenvalue weighted by atomic mass is 16.6. The van der Waals surface area contributed by atoms with E-state index in [0.29, 0.717) is 18.2 Å². The van der Waals surface area contributed by atoms with Gasteiger partial charge in [0.05, 0.1) is 17.1 Å². The monoisotopic (exact) mass is 277 g/mol. The molecule has 106 valence electrons. The quantitative estimate of drug-likeness (QED) is 0.621. The van der Waals surface area contributed by atoms with Crippen LogP contribution in [0.3, 0.4) is 0 Å². The Bertz CT molecular complexity index is 611. The molecule has 20 heavy (non-hydrogen) atoms. The van der Waals surface area contributed by atoms with Crippen LogP contribution in [-0.2, 0) is 0 Å². The van der Waals surface area contributed by atoms with Crippen LogP contribution in [-0.4, -0.2) is 26.6 Å². The maximum atomic E-state index is 10.9. The number of nitrogens with zero attached hydrogens (tertiary/aromatic N) is 3. The van der Waals surface area contributed by atoms with Gasteiger partial charge in [0.25, 0.3) is 5.69 Å². The molecule has 2 rings (SSSR count). The van der Waals surface area contributed by atoms with Gasteiger partial charge in [0.2, 0.25) is 11.8 Å². The number of nitrogens with one attached hydrogen (secondary N) is 2. The van der Waals surface area contributed by atoms with E-state index in [1.807, 2.05) is 13.8 Å². The summed E-state index contributed by atoms with van der Waals surface area (Å²) in [5.74, 6) is 0.851. The minimum absolute atomic E-state index is 0.0825. The standard InChI is InChI=1S/C12H15N5O3/c1-3-4-13-10-6-9(17(18)19)7-11(14-10)20-12-5-8(2)15-16-12/h5-7H,3-4H2,1-2H3,(H,13,14)(H,15,16). The first kappa shape index (κ1) is 13.8. The average molecular weight is 277 g/mol. The Kier molecular flexibility index (Phi) is 4.14. The highest BCUT2D eigenvalue weighted by Gasteiger charge is 2.13. The largest absolute Gasteiger partial charge is 0.419 e. The van der Waals surface area contributed by atoms with Gasteiger partial charge in [0.1, 0.15) is 5.82 Å². The smallest absolute Gasteiger partial charge is 0.278 e. The number of H-pyrrole nitrogens is 1. The molecule has 0 saturated heterocycles. The second-order valence-electron chi connectivity index (χ2n) is 4.22. The van der Waals surface area contributed by atoms with Gasteiger partial charge in [-0.05, 0) is 13.3 Å². The Balaban J connectivity index is 2.26. The van der Waals surface area contributed by atoms with Gasteiger partial charge in [-0.15, -0.1) is 5.10 Å². The predicted molar refractivity (Wildman–Crippen MR) is 73.1 cm³/mol. The van der Waals surface area contributed by atoms with Crippen LogP contribution in [0, 0.1) is 17.0 Å². The van der Waals surface area contributed by atoms with E-state index in [9.17, 15) is 10.1 Å². The molecule has 0 unspecified atom stereocenters. The van der Waals surface area contributed by atoms with Crippen molar-refractivity contribution < 1.29 is 9.66 Å². The molecule has 2 heterocycles. The first-order valence-corrected chi connectivity index (χ1v) is 6.18. The lowest BCUT2D eigenvalue weighted by Gasteiger charge is -2.06. The number of aromatic amines is 1. The summed E-state index contributed by atoms with van der Waals surface area (Å²) in [7, 11) is 0. The first-order valence-electron chi connectivity index (χ1n) is 6.18. The van der Waals surface area contributed by atoms with E-state index >= 15 is 0 Å². The van der Waals surface area contributed by atoms with Gasteiger partial charge in [0, 0.05) is 18.3 Å². The van der Waals surface area contributed by atoms with Gasteiger partial charge in [-0.2, -0.15) is 4.98 Å². The Morgan fingerprint density at radius 2 is 2.20 bits per heavy atom. The molecule has 8 heteroatoms. The maximum absolute atomic E-state index is 10.9. The Labute approximate surface area is 115 Å². The number of anilines is 1. The summed E-state index contributed by atoms with van der Waals surface area (Å²) in [5, 5.41) is 20.5. The van der Waals surface area contributed by atoms with Gasteiger partial charge in [-0.25, -0.2) is 0 Å². The molecule has 0 aliphatic carbocycles. The lowest BCUT2D eigenvalue weighted by molar-refractivity contribution is -0.384. The van der Waals surface area contributed by atoms with Crippen LogP contribution in [0.5, 0.6) is 11.8 Å². The molecule has 0 bridgehead atoms. The van der Waals surface area contributed by atoms with E-state index in [1.54, 1.807) is 6.07 Å². The van der Waals surface area contributed by atoms with Crippen LogP contribution in [0.2, 0.25) is 0 Å². The van der Waals surface area contributed by atoms with Crippen molar-refractivity contribution in [1.82, 2.24) is 15.2 Å². The second kappa shape index (κ2) is 6.00. The SMILES string of the molecule is CCCNc1cc([N+](=O)[O-])cc(Oc2cc(C)[nH]n2)n1. The van der Waals surface area contributed by atoms with Crippen LogP contribution in [0.4, 0.5) is 11.5 Å². The third-order valence-electron chi connectivity index (χ3n) is 2.45. The van der Waals surface area contributed by atoms with Crippen molar-refractivity contribution in [2.24, 2.45) is 0 Å². The van der Waals surface area contributed by atoms with Crippen molar-refractivity contribution in [2.45, 2.75) is 20.3 Å². The second-order valence-corrected chi connectivity index (χ2v) is 4.22. The number of pyridine rings is 1. The van der Waals surface area contributed by atoms with Crippen molar-refractivity contribution in [3.05, 3.63) is 34.0 Å². The van der Waals surface area contributed by atoms with Crippen LogP contribution in [0.1, 0.15) is 19.0 Å². The van der Waals surface area contributed by atoms with Gasteiger partial charge in [-0.1, -0.05) is 6.92 Å². The molecule has 2 aromatic rings. The fourth-order valence-electron chi connectivity index (χ4n) is 1.55. The summed E-state index contributed by atoms with van der Waals surface area (Å²) in [6.45, 7) is 4.50. The van der Waals surface area contributed by atoms with Crippen molar-refractivity contribution in [3.8, 4) is 11.8 Å². The third-order valence-corrected chi connectivity index (χ3v) is 2.45.